The second-order valence-electron chi connectivity index (χ2n) is 4.68. The van der Waals surface area contributed by atoms with E-state index in [0.717, 1.165) is 23.3 Å². The van der Waals surface area contributed by atoms with Crippen molar-refractivity contribution >= 4 is 16.9 Å². The highest BCUT2D eigenvalue weighted by Gasteiger charge is 2.13. The number of hydrogen-bond donors (Lipinski definition) is 1. The molecule has 0 saturated heterocycles. The molecule has 7 heteroatoms. The maximum atomic E-state index is 11.6. The summed E-state index contributed by atoms with van der Waals surface area (Å²) < 4.78 is 3.77. The zero-order chi connectivity index (χ0) is 14.0. The van der Waals surface area contributed by atoms with Crippen LogP contribution in [0.2, 0.25) is 0 Å². The van der Waals surface area contributed by atoms with Crippen LogP contribution in [0.5, 0.6) is 0 Å². The zero-order valence-electron chi connectivity index (χ0n) is 11.8. The molecular formula is C12H20N6O. The average molecular weight is 264 g/mol. The Hall–Kier alpha value is -1.89. The van der Waals surface area contributed by atoms with Crippen LogP contribution < -0.4 is 5.43 Å². The van der Waals surface area contributed by atoms with Crippen molar-refractivity contribution in [3.63, 3.8) is 0 Å². The van der Waals surface area contributed by atoms with Gasteiger partial charge in [-0.25, -0.2) is 5.01 Å². The Labute approximate surface area is 112 Å². The molecule has 7 nitrogen and oxygen atoms in total. The zero-order valence-corrected chi connectivity index (χ0v) is 11.8. The van der Waals surface area contributed by atoms with Crippen LogP contribution in [0.1, 0.15) is 19.0 Å². The van der Waals surface area contributed by atoms with Crippen LogP contribution in [0.25, 0.3) is 11.0 Å². The number of hydrogen-bond acceptors (Lipinski definition) is 4. The summed E-state index contributed by atoms with van der Waals surface area (Å²) in [4.78, 5) is 11.6. The minimum Gasteiger partial charge on any atom is -0.289 e. The number of hydrazine groups is 1. The molecule has 2 aromatic rings. The summed E-state index contributed by atoms with van der Waals surface area (Å²) in [6.45, 7) is 5.39. The largest absolute Gasteiger partial charge is 0.289 e. The molecule has 2 aromatic heterocycles. The monoisotopic (exact) mass is 264 g/mol. The topological polar surface area (TPSA) is 68.0 Å². The molecule has 0 aromatic carbocycles. The third-order valence-electron chi connectivity index (χ3n) is 2.91. The smallest absolute Gasteiger partial charge is 0.236 e. The molecule has 0 unspecified atom stereocenters. The number of carbonyl (C=O) groups is 1. The molecule has 0 aliphatic heterocycles. The number of carbonyl (C=O) groups excluding carboxylic acids is 1. The van der Waals surface area contributed by atoms with Crippen molar-refractivity contribution in [2.45, 2.75) is 33.4 Å². The highest BCUT2D eigenvalue weighted by Crippen LogP contribution is 2.17. The highest BCUT2D eigenvalue weighted by molar-refractivity contribution is 5.78. The molecule has 104 valence electrons. The lowest BCUT2D eigenvalue weighted by atomic mass is 10.3. The number of fused-ring (bicyclic) bond motifs is 1. The molecule has 19 heavy (non-hydrogen) atoms. The first-order valence-electron chi connectivity index (χ1n) is 6.38. The van der Waals surface area contributed by atoms with Gasteiger partial charge in [-0.15, -0.1) is 0 Å². The van der Waals surface area contributed by atoms with E-state index in [4.69, 9.17) is 0 Å². The lowest BCUT2D eigenvalue weighted by molar-refractivity contribution is -0.125. The molecule has 1 amide bonds. The minimum atomic E-state index is -0.0193. The van der Waals surface area contributed by atoms with E-state index in [-0.39, 0.29) is 5.91 Å². The Morgan fingerprint density at radius 3 is 2.79 bits per heavy atom. The lowest BCUT2D eigenvalue weighted by Gasteiger charge is -2.11. The Bertz CT molecular complexity index is 582. The molecule has 0 fully saturated rings. The summed E-state index contributed by atoms with van der Waals surface area (Å²) in [6.07, 6.45) is 2.20. The van der Waals surface area contributed by atoms with Crippen molar-refractivity contribution < 1.29 is 4.79 Å². The second kappa shape index (κ2) is 5.40. The van der Waals surface area contributed by atoms with Crippen molar-refractivity contribution in [2.75, 3.05) is 14.1 Å². The fraction of sp³-hybridized carbons (Fsp3) is 0.583. The number of nitrogens with zero attached hydrogens (tertiary/aromatic N) is 5. The van der Waals surface area contributed by atoms with Gasteiger partial charge in [0.2, 0.25) is 5.91 Å². The normalized spacial score (nSPS) is 11.4. The van der Waals surface area contributed by atoms with Gasteiger partial charge >= 0.3 is 0 Å². The summed E-state index contributed by atoms with van der Waals surface area (Å²) in [5, 5.41) is 10.4. The first kappa shape index (κ1) is 13.5. The van der Waals surface area contributed by atoms with Gasteiger partial charge in [0.1, 0.15) is 11.0 Å². The van der Waals surface area contributed by atoms with Crippen LogP contribution in [0, 0.1) is 6.92 Å². The molecule has 1 N–H and O–H groups in total. The average Bonchev–Trinajstić information content (AvgIpc) is 2.88. The Kier molecular flexibility index (Phi) is 3.84. The Morgan fingerprint density at radius 1 is 1.42 bits per heavy atom. The Balaban J connectivity index is 2.13. The minimum absolute atomic E-state index is 0.0193. The van der Waals surface area contributed by atoms with E-state index in [1.54, 1.807) is 19.1 Å². The molecule has 2 rings (SSSR count). The predicted molar refractivity (Wildman–Crippen MR) is 72.4 cm³/mol. The molecule has 2 heterocycles. The number of aryl methyl sites for hydroxylation is 3. The maximum Gasteiger partial charge on any atom is 0.236 e. The second-order valence-corrected chi connectivity index (χ2v) is 4.68. The predicted octanol–water partition coefficient (Wildman–Crippen LogP) is 0.544. The molecule has 0 radical (unpaired) electrons. The fourth-order valence-corrected chi connectivity index (χ4v) is 2.14. The number of rotatable bonds is 5. The van der Waals surface area contributed by atoms with E-state index >= 15 is 0 Å². The van der Waals surface area contributed by atoms with E-state index in [1.807, 2.05) is 29.4 Å². The van der Waals surface area contributed by atoms with Crippen molar-refractivity contribution in [1.82, 2.24) is 30.0 Å². The van der Waals surface area contributed by atoms with Gasteiger partial charge in [0.25, 0.3) is 0 Å². The van der Waals surface area contributed by atoms with E-state index in [1.165, 1.54) is 0 Å². The van der Waals surface area contributed by atoms with E-state index in [0.29, 0.717) is 13.0 Å². The van der Waals surface area contributed by atoms with Gasteiger partial charge in [-0.05, 0) is 13.8 Å². The van der Waals surface area contributed by atoms with Crippen LogP contribution in [0.4, 0.5) is 0 Å². The molecule has 0 aliphatic carbocycles. The number of amides is 1. The van der Waals surface area contributed by atoms with Gasteiger partial charge in [-0.3, -0.25) is 19.6 Å². The van der Waals surface area contributed by atoms with Gasteiger partial charge in [0.05, 0.1) is 18.4 Å². The van der Waals surface area contributed by atoms with Crippen molar-refractivity contribution in [3.05, 3.63) is 11.9 Å². The molecule has 0 atom stereocenters. The molecular weight excluding hydrogens is 244 g/mol. The number of aromatic nitrogens is 4. The van der Waals surface area contributed by atoms with Gasteiger partial charge in [0, 0.05) is 27.1 Å². The quantitative estimate of drug-likeness (QED) is 0.801. The molecule has 0 bridgehead atoms. The highest BCUT2D eigenvalue weighted by atomic mass is 16.2. The summed E-state index contributed by atoms with van der Waals surface area (Å²) in [7, 11) is 3.58. The SMILES string of the molecule is CCn1nc(C)c2c1cnn2CCC(=O)NN(C)C. The maximum absolute atomic E-state index is 11.6. The van der Waals surface area contributed by atoms with Gasteiger partial charge < -0.3 is 0 Å². The van der Waals surface area contributed by atoms with Gasteiger partial charge in [0.15, 0.2) is 0 Å². The summed E-state index contributed by atoms with van der Waals surface area (Å²) in [5.41, 5.74) is 5.70. The van der Waals surface area contributed by atoms with E-state index in [9.17, 15) is 4.79 Å². The Morgan fingerprint density at radius 2 is 2.16 bits per heavy atom. The fourth-order valence-electron chi connectivity index (χ4n) is 2.14. The van der Waals surface area contributed by atoms with Crippen LogP contribution in [0.3, 0.4) is 0 Å². The first-order chi connectivity index (χ1) is 9.02. The van der Waals surface area contributed by atoms with Gasteiger partial charge in [-0.2, -0.15) is 10.2 Å². The molecule has 0 aliphatic rings. The third kappa shape index (κ3) is 2.76. The van der Waals surface area contributed by atoms with Gasteiger partial charge in [-0.1, -0.05) is 0 Å². The lowest BCUT2D eigenvalue weighted by Crippen LogP contribution is -2.36. The van der Waals surface area contributed by atoms with Crippen LogP contribution in [0.15, 0.2) is 6.20 Å². The van der Waals surface area contributed by atoms with E-state index in [2.05, 4.69) is 15.6 Å². The summed E-state index contributed by atoms with van der Waals surface area (Å²) in [5.74, 6) is -0.0193. The van der Waals surface area contributed by atoms with E-state index < -0.39 is 0 Å². The van der Waals surface area contributed by atoms with Crippen molar-refractivity contribution in [2.24, 2.45) is 0 Å². The first-order valence-corrected chi connectivity index (χ1v) is 6.38. The van der Waals surface area contributed by atoms with Crippen LogP contribution >= 0.6 is 0 Å². The standard InChI is InChI=1S/C12H20N6O/c1-5-17-10-8-13-18(12(10)9(2)14-17)7-6-11(19)15-16(3)4/h8H,5-7H2,1-4H3,(H,15,19). The number of nitrogens with one attached hydrogen (secondary N) is 1. The van der Waals surface area contributed by atoms with Crippen LogP contribution in [-0.4, -0.2) is 44.6 Å². The van der Waals surface area contributed by atoms with Crippen LogP contribution in [-0.2, 0) is 17.9 Å². The third-order valence-corrected chi connectivity index (χ3v) is 2.91. The summed E-state index contributed by atoms with van der Waals surface area (Å²) >= 11 is 0. The van der Waals surface area contributed by atoms with Crippen molar-refractivity contribution in [1.29, 1.82) is 0 Å². The molecule has 0 spiro atoms. The molecule has 0 saturated carbocycles. The summed E-state index contributed by atoms with van der Waals surface area (Å²) in [6, 6.07) is 0. The van der Waals surface area contributed by atoms with Crippen molar-refractivity contribution in [3.8, 4) is 0 Å².